The SMILES string of the molecule is C=CCN(C[C@@H]1CCO1)/C(CN1CC=C(c2cccc(OC)n2)CC1)=N\C(C)C. The molecular weight excluding hydrogens is 364 g/mol. The molecule has 0 saturated carbocycles. The summed E-state index contributed by atoms with van der Waals surface area (Å²) >= 11 is 0. The Bertz CT molecular complexity index is 740. The fraction of sp³-hybridized carbons (Fsp3) is 0.565. The fourth-order valence-electron chi connectivity index (χ4n) is 3.63. The van der Waals surface area contributed by atoms with Crippen molar-refractivity contribution >= 4 is 11.4 Å². The van der Waals surface area contributed by atoms with E-state index in [1.54, 1.807) is 7.11 Å². The molecule has 3 rings (SSSR count). The van der Waals surface area contributed by atoms with Crippen LogP contribution in [0.15, 0.2) is 41.9 Å². The first-order chi connectivity index (χ1) is 14.1. The van der Waals surface area contributed by atoms with Gasteiger partial charge in [0.2, 0.25) is 5.88 Å². The zero-order valence-corrected chi connectivity index (χ0v) is 18.0. The quantitative estimate of drug-likeness (QED) is 0.363. The second kappa shape index (κ2) is 10.6. The first-order valence-electron chi connectivity index (χ1n) is 10.6. The minimum absolute atomic E-state index is 0.261. The molecular formula is C23H34N4O2. The Hall–Kier alpha value is -2.18. The highest BCUT2D eigenvalue weighted by atomic mass is 16.5. The third-order valence-electron chi connectivity index (χ3n) is 5.26. The number of amidine groups is 1. The van der Waals surface area contributed by atoms with Gasteiger partial charge in [0.05, 0.1) is 25.5 Å². The topological polar surface area (TPSA) is 50.2 Å². The van der Waals surface area contributed by atoms with E-state index in [-0.39, 0.29) is 6.04 Å². The second-order valence-electron chi connectivity index (χ2n) is 7.89. The Labute approximate surface area is 174 Å². The van der Waals surface area contributed by atoms with Crippen molar-refractivity contribution < 1.29 is 9.47 Å². The molecule has 2 aliphatic heterocycles. The Balaban J connectivity index is 1.66. The highest BCUT2D eigenvalue weighted by molar-refractivity contribution is 5.85. The van der Waals surface area contributed by atoms with Crippen LogP contribution in [0.2, 0.25) is 0 Å². The maximum atomic E-state index is 5.66. The number of aliphatic imine (C=N–C) groups is 1. The summed E-state index contributed by atoms with van der Waals surface area (Å²) in [5.74, 6) is 1.79. The van der Waals surface area contributed by atoms with Gasteiger partial charge in [-0.3, -0.25) is 9.89 Å². The lowest BCUT2D eigenvalue weighted by Gasteiger charge is -2.36. The Kier molecular flexibility index (Phi) is 7.83. The largest absolute Gasteiger partial charge is 0.481 e. The molecule has 1 aromatic rings. The van der Waals surface area contributed by atoms with Gasteiger partial charge in [-0.15, -0.1) is 6.58 Å². The molecule has 0 aromatic carbocycles. The van der Waals surface area contributed by atoms with Gasteiger partial charge >= 0.3 is 0 Å². The lowest BCUT2D eigenvalue weighted by Crippen LogP contribution is -2.47. The van der Waals surface area contributed by atoms with E-state index in [4.69, 9.17) is 14.5 Å². The average molecular weight is 399 g/mol. The van der Waals surface area contributed by atoms with Crippen molar-refractivity contribution in [2.75, 3.05) is 46.4 Å². The number of hydrogen-bond acceptors (Lipinski definition) is 5. The van der Waals surface area contributed by atoms with Crippen molar-refractivity contribution in [3.63, 3.8) is 0 Å². The van der Waals surface area contributed by atoms with Gasteiger partial charge in [-0.2, -0.15) is 0 Å². The zero-order valence-electron chi connectivity index (χ0n) is 18.0. The van der Waals surface area contributed by atoms with E-state index in [0.29, 0.717) is 12.0 Å². The van der Waals surface area contributed by atoms with E-state index in [1.165, 1.54) is 5.57 Å². The van der Waals surface area contributed by atoms with E-state index < -0.39 is 0 Å². The molecule has 158 valence electrons. The third kappa shape index (κ3) is 6.15. The first kappa shape index (κ1) is 21.5. The van der Waals surface area contributed by atoms with E-state index in [1.807, 2.05) is 18.2 Å². The summed E-state index contributed by atoms with van der Waals surface area (Å²) in [6.07, 6.45) is 6.66. The summed E-state index contributed by atoms with van der Waals surface area (Å²) in [5.41, 5.74) is 2.30. The van der Waals surface area contributed by atoms with Crippen LogP contribution < -0.4 is 4.74 Å². The van der Waals surface area contributed by atoms with E-state index in [0.717, 1.165) is 63.7 Å². The zero-order chi connectivity index (χ0) is 20.6. The molecule has 6 heteroatoms. The van der Waals surface area contributed by atoms with E-state index >= 15 is 0 Å². The maximum Gasteiger partial charge on any atom is 0.213 e. The standard InChI is InChI=1S/C23H34N4O2/c1-5-12-27(16-20-11-15-29-20)22(24-18(2)3)17-26-13-9-19(10-14-26)21-7-6-8-23(25-21)28-4/h5-9,18,20H,1,10-17H2,2-4H3/b24-22-/t20-/m0/s1. The first-order valence-corrected chi connectivity index (χ1v) is 10.6. The molecule has 0 amide bonds. The minimum atomic E-state index is 0.261. The molecule has 1 fully saturated rings. The summed E-state index contributed by atoms with van der Waals surface area (Å²) in [4.78, 5) is 14.3. The van der Waals surface area contributed by atoms with Gasteiger partial charge in [0, 0.05) is 44.9 Å². The molecule has 6 nitrogen and oxygen atoms in total. The molecule has 1 aromatic heterocycles. The van der Waals surface area contributed by atoms with Gasteiger partial charge in [-0.1, -0.05) is 18.2 Å². The van der Waals surface area contributed by atoms with Gasteiger partial charge in [0.25, 0.3) is 0 Å². The molecule has 0 N–H and O–H groups in total. The van der Waals surface area contributed by atoms with Crippen LogP contribution >= 0.6 is 0 Å². The van der Waals surface area contributed by atoms with Crippen LogP contribution in [0, 0.1) is 0 Å². The van der Waals surface area contributed by atoms with Crippen LogP contribution in [0.25, 0.3) is 5.57 Å². The van der Waals surface area contributed by atoms with E-state index in [2.05, 4.69) is 47.4 Å². The van der Waals surface area contributed by atoms with Crippen molar-refractivity contribution in [3.05, 3.63) is 42.6 Å². The highest BCUT2D eigenvalue weighted by Gasteiger charge is 2.24. The summed E-state index contributed by atoms with van der Waals surface area (Å²) in [6, 6.07) is 6.20. The van der Waals surface area contributed by atoms with Gasteiger partial charge in [-0.25, -0.2) is 4.98 Å². The fourth-order valence-corrected chi connectivity index (χ4v) is 3.63. The normalized spacial score (nSPS) is 20.2. The third-order valence-corrected chi connectivity index (χ3v) is 5.26. The summed E-state index contributed by atoms with van der Waals surface area (Å²) < 4.78 is 10.9. The molecule has 1 atom stereocenters. The van der Waals surface area contributed by atoms with Crippen LogP contribution in [-0.2, 0) is 4.74 Å². The van der Waals surface area contributed by atoms with Crippen LogP contribution in [0.1, 0.15) is 32.4 Å². The molecule has 2 aliphatic rings. The predicted molar refractivity (Wildman–Crippen MR) is 119 cm³/mol. The molecule has 0 aliphatic carbocycles. The van der Waals surface area contributed by atoms with Crippen LogP contribution in [-0.4, -0.2) is 79.2 Å². The molecule has 0 spiro atoms. The molecule has 0 radical (unpaired) electrons. The number of rotatable bonds is 9. The molecule has 29 heavy (non-hydrogen) atoms. The van der Waals surface area contributed by atoms with Crippen molar-refractivity contribution in [2.24, 2.45) is 4.99 Å². The number of aromatic nitrogens is 1. The van der Waals surface area contributed by atoms with Crippen molar-refractivity contribution in [1.29, 1.82) is 0 Å². The van der Waals surface area contributed by atoms with Gasteiger partial charge in [0.1, 0.15) is 5.84 Å². The molecule has 1 saturated heterocycles. The lowest BCUT2D eigenvalue weighted by molar-refractivity contribution is -0.0583. The highest BCUT2D eigenvalue weighted by Crippen LogP contribution is 2.23. The van der Waals surface area contributed by atoms with Crippen molar-refractivity contribution in [3.8, 4) is 5.88 Å². The summed E-state index contributed by atoms with van der Waals surface area (Å²) in [5, 5.41) is 0. The smallest absolute Gasteiger partial charge is 0.213 e. The monoisotopic (exact) mass is 398 g/mol. The number of ether oxygens (including phenoxy) is 2. The van der Waals surface area contributed by atoms with Crippen LogP contribution in [0.4, 0.5) is 0 Å². The Morgan fingerprint density at radius 2 is 2.31 bits per heavy atom. The Morgan fingerprint density at radius 3 is 2.90 bits per heavy atom. The average Bonchev–Trinajstić information content (AvgIpc) is 2.69. The molecule has 3 heterocycles. The van der Waals surface area contributed by atoms with Crippen molar-refractivity contribution in [1.82, 2.24) is 14.8 Å². The van der Waals surface area contributed by atoms with Gasteiger partial charge in [0.15, 0.2) is 0 Å². The molecule has 0 unspecified atom stereocenters. The van der Waals surface area contributed by atoms with Crippen LogP contribution in [0.5, 0.6) is 5.88 Å². The lowest BCUT2D eigenvalue weighted by atomic mass is 10.0. The van der Waals surface area contributed by atoms with Gasteiger partial charge in [-0.05, 0) is 38.3 Å². The molecule has 0 bridgehead atoms. The number of nitrogens with zero attached hydrogens (tertiary/aromatic N) is 4. The Morgan fingerprint density at radius 1 is 1.48 bits per heavy atom. The second-order valence-corrected chi connectivity index (χ2v) is 7.89. The van der Waals surface area contributed by atoms with Crippen LogP contribution in [0.3, 0.4) is 0 Å². The minimum Gasteiger partial charge on any atom is -0.481 e. The van der Waals surface area contributed by atoms with E-state index in [9.17, 15) is 0 Å². The van der Waals surface area contributed by atoms with Crippen molar-refractivity contribution in [2.45, 2.75) is 38.8 Å². The predicted octanol–water partition coefficient (Wildman–Crippen LogP) is 3.26. The summed E-state index contributed by atoms with van der Waals surface area (Å²) in [6.45, 7) is 13.5. The number of pyridine rings is 1. The number of hydrogen-bond donors (Lipinski definition) is 0. The number of methoxy groups -OCH3 is 1. The maximum absolute atomic E-state index is 5.66. The summed E-state index contributed by atoms with van der Waals surface area (Å²) in [7, 11) is 1.66. The van der Waals surface area contributed by atoms with Gasteiger partial charge < -0.3 is 14.4 Å².